The van der Waals surface area contributed by atoms with Crippen molar-refractivity contribution in [1.82, 2.24) is 19.7 Å². The second-order valence-electron chi connectivity index (χ2n) is 4.86. The van der Waals surface area contributed by atoms with Gasteiger partial charge in [0.25, 0.3) is 0 Å². The van der Waals surface area contributed by atoms with Crippen molar-refractivity contribution in [3.8, 4) is 0 Å². The highest BCUT2D eigenvalue weighted by molar-refractivity contribution is 5.26. The van der Waals surface area contributed by atoms with E-state index in [1.165, 1.54) is 17.0 Å². The molecule has 0 aliphatic carbocycles. The van der Waals surface area contributed by atoms with E-state index in [1.807, 2.05) is 17.9 Å². The van der Waals surface area contributed by atoms with Crippen molar-refractivity contribution in [2.45, 2.75) is 26.8 Å². The van der Waals surface area contributed by atoms with Crippen LogP contribution in [0.2, 0.25) is 0 Å². The Balaban J connectivity index is 1.80. The second kappa shape index (κ2) is 5.40. The molecule has 0 aromatic carbocycles. The van der Waals surface area contributed by atoms with Crippen molar-refractivity contribution in [2.75, 3.05) is 6.54 Å². The Morgan fingerprint density at radius 3 is 2.61 bits per heavy atom. The van der Waals surface area contributed by atoms with Crippen molar-refractivity contribution in [3.63, 3.8) is 0 Å². The lowest BCUT2D eigenvalue weighted by Gasteiger charge is -2.04. The molecular weight excluding hydrogens is 224 g/mol. The maximum Gasteiger partial charge on any atom is 0.0637 e. The van der Waals surface area contributed by atoms with E-state index in [0.717, 1.165) is 25.2 Å². The van der Waals surface area contributed by atoms with Crippen molar-refractivity contribution in [1.29, 1.82) is 0 Å². The van der Waals surface area contributed by atoms with E-state index in [0.29, 0.717) is 0 Å². The van der Waals surface area contributed by atoms with E-state index in [1.54, 1.807) is 0 Å². The van der Waals surface area contributed by atoms with Gasteiger partial charge in [-0.3, -0.25) is 4.68 Å². The van der Waals surface area contributed by atoms with Crippen molar-refractivity contribution in [2.24, 2.45) is 14.1 Å². The molecule has 0 saturated carbocycles. The zero-order valence-electron chi connectivity index (χ0n) is 11.7. The molecule has 2 aromatic rings. The molecule has 1 N–H and O–H groups in total. The number of hydrogen-bond donors (Lipinski definition) is 1. The predicted molar refractivity (Wildman–Crippen MR) is 73.5 cm³/mol. The van der Waals surface area contributed by atoms with Gasteiger partial charge in [-0.05, 0) is 31.5 Å². The van der Waals surface area contributed by atoms with Crippen molar-refractivity contribution in [3.05, 3.63) is 41.0 Å². The van der Waals surface area contributed by atoms with E-state index in [2.05, 4.69) is 48.0 Å². The molecule has 0 saturated heterocycles. The van der Waals surface area contributed by atoms with Crippen molar-refractivity contribution < 1.29 is 0 Å². The summed E-state index contributed by atoms with van der Waals surface area (Å²) in [5, 5.41) is 7.84. The summed E-state index contributed by atoms with van der Waals surface area (Å²) in [5.74, 6) is 0. The number of aromatic nitrogens is 3. The summed E-state index contributed by atoms with van der Waals surface area (Å²) in [4.78, 5) is 0. The number of hydrogen-bond acceptors (Lipinski definition) is 2. The predicted octanol–water partition coefficient (Wildman–Crippen LogP) is 1.71. The fourth-order valence-corrected chi connectivity index (χ4v) is 2.15. The standard InChI is InChI=1S/C14H22N4/c1-11-9-13(12(2)18(11)4)10-15-7-5-14-6-8-17(3)16-14/h6,8-9,15H,5,7,10H2,1-4H3. The minimum Gasteiger partial charge on any atom is -0.352 e. The van der Waals surface area contributed by atoms with Gasteiger partial charge in [0.2, 0.25) is 0 Å². The van der Waals surface area contributed by atoms with Gasteiger partial charge in [0.1, 0.15) is 0 Å². The Kier molecular flexibility index (Phi) is 3.87. The molecule has 0 aliphatic rings. The molecule has 0 unspecified atom stereocenters. The first-order valence-corrected chi connectivity index (χ1v) is 6.39. The molecule has 4 heteroatoms. The summed E-state index contributed by atoms with van der Waals surface area (Å²) in [7, 11) is 4.06. The molecule has 2 aromatic heterocycles. The van der Waals surface area contributed by atoms with Crippen LogP contribution in [0.1, 0.15) is 22.6 Å². The molecule has 18 heavy (non-hydrogen) atoms. The smallest absolute Gasteiger partial charge is 0.0637 e. The maximum absolute atomic E-state index is 4.36. The molecule has 0 radical (unpaired) electrons. The van der Waals surface area contributed by atoms with Gasteiger partial charge in [0, 0.05) is 51.2 Å². The number of aryl methyl sites for hydroxylation is 2. The number of nitrogens with one attached hydrogen (secondary N) is 1. The van der Waals surface area contributed by atoms with Gasteiger partial charge >= 0.3 is 0 Å². The minimum absolute atomic E-state index is 0.931. The van der Waals surface area contributed by atoms with Crippen LogP contribution >= 0.6 is 0 Å². The Labute approximate surface area is 109 Å². The van der Waals surface area contributed by atoms with Crippen LogP contribution in [0.15, 0.2) is 18.3 Å². The molecule has 0 aliphatic heterocycles. The SMILES string of the molecule is Cc1cc(CNCCc2ccn(C)n2)c(C)n1C. The van der Waals surface area contributed by atoms with Crippen LogP contribution in [0.3, 0.4) is 0 Å². The number of nitrogens with zero attached hydrogens (tertiary/aromatic N) is 3. The Hall–Kier alpha value is -1.55. The topological polar surface area (TPSA) is 34.8 Å². The third-order valence-electron chi connectivity index (χ3n) is 3.52. The van der Waals surface area contributed by atoms with Gasteiger partial charge in [-0.1, -0.05) is 0 Å². The third kappa shape index (κ3) is 2.82. The van der Waals surface area contributed by atoms with Crippen LogP contribution in [-0.4, -0.2) is 20.9 Å². The first-order chi connectivity index (χ1) is 8.58. The van der Waals surface area contributed by atoms with Gasteiger partial charge in [-0.15, -0.1) is 0 Å². The zero-order chi connectivity index (χ0) is 13.1. The molecule has 0 fully saturated rings. The summed E-state index contributed by atoms with van der Waals surface area (Å²) in [5.41, 5.74) is 5.19. The Bertz CT molecular complexity index is 522. The van der Waals surface area contributed by atoms with E-state index in [9.17, 15) is 0 Å². The highest BCUT2D eigenvalue weighted by Gasteiger charge is 2.05. The van der Waals surface area contributed by atoms with Crippen LogP contribution in [0, 0.1) is 13.8 Å². The summed E-state index contributed by atoms with van der Waals surface area (Å²) in [6.45, 7) is 6.21. The molecule has 0 spiro atoms. The lowest BCUT2D eigenvalue weighted by molar-refractivity contribution is 0.662. The van der Waals surface area contributed by atoms with Crippen LogP contribution in [0.4, 0.5) is 0 Å². The summed E-state index contributed by atoms with van der Waals surface area (Å²) in [6, 6.07) is 4.32. The van der Waals surface area contributed by atoms with Crippen molar-refractivity contribution >= 4 is 0 Å². The average molecular weight is 246 g/mol. The summed E-state index contributed by atoms with van der Waals surface area (Å²) in [6.07, 6.45) is 2.96. The third-order valence-corrected chi connectivity index (χ3v) is 3.52. The first-order valence-electron chi connectivity index (χ1n) is 6.39. The Morgan fingerprint density at radius 1 is 1.28 bits per heavy atom. The summed E-state index contributed by atoms with van der Waals surface area (Å²) >= 11 is 0. The fraction of sp³-hybridized carbons (Fsp3) is 0.500. The van der Waals surface area contributed by atoms with Crippen LogP contribution < -0.4 is 5.32 Å². The van der Waals surface area contributed by atoms with Gasteiger partial charge in [0.15, 0.2) is 0 Å². The maximum atomic E-state index is 4.36. The lowest BCUT2D eigenvalue weighted by atomic mass is 10.2. The molecule has 98 valence electrons. The van der Waals surface area contributed by atoms with Gasteiger partial charge < -0.3 is 9.88 Å². The van der Waals surface area contributed by atoms with Crippen LogP contribution in [0.5, 0.6) is 0 Å². The quantitative estimate of drug-likeness (QED) is 0.815. The molecule has 0 bridgehead atoms. The second-order valence-corrected chi connectivity index (χ2v) is 4.86. The fourth-order valence-electron chi connectivity index (χ4n) is 2.15. The van der Waals surface area contributed by atoms with E-state index < -0.39 is 0 Å². The van der Waals surface area contributed by atoms with Gasteiger partial charge in [-0.2, -0.15) is 5.10 Å². The number of rotatable bonds is 5. The molecular formula is C14H22N4. The average Bonchev–Trinajstić information content (AvgIpc) is 2.85. The monoisotopic (exact) mass is 246 g/mol. The zero-order valence-corrected chi connectivity index (χ0v) is 11.7. The summed E-state index contributed by atoms with van der Waals surface area (Å²) < 4.78 is 4.08. The van der Waals surface area contributed by atoms with Crippen LogP contribution in [-0.2, 0) is 27.1 Å². The largest absolute Gasteiger partial charge is 0.352 e. The van der Waals surface area contributed by atoms with E-state index in [4.69, 9.17) is 0 Å². The highest BCUT2D eigenvalue weighted by atomic mass is 15.2. The lowest BCUT2D eigenvalue weighted by Crippen LogP contribution is -2.17. The first kappa shape index (κ1) is 12.9. The van der Waals surface area contributed by atoms with Crippen LogP contribution in [0.25, 0.3) is 0 Å². The normalized spacial score (nSPS) is 11.1. The molecule has 2 rings (SSSR count). The highest BCUT2D eigenvalue weighted by Crippen LogP contribution is 2.12. The molecule has 2 heterocycles. The van der Waals surface area contributed by atoms with Gasteiger partial charge in [-0.25, -0.2) is 0 Å². The molecule has 0 atom stereocenters. The van der Waals surface area contributed by atoms with E-state index in [-0.39, 0.29) is 0 Å². The molecule has 4 nitrogen and oxygen atoms in total. The minimum atomic E-state index is 0.931. The van der Waals surface area contributed by atoms with E-state index >= 15 is 0 Å². The Morgan fingerprint density at radius 2 is 2.06 bits per heavy atom. The molecule has 0 amide bonds. The van der Waals surface area contributed by atoms with Gasteiger partial charge in [0.05, 0.1) is 5.69 Å².